The summed E-state index contributed by atoms with van der Waals surface area (Å²) in [6.45, 7) is 2.82. The first-order valence-electron chi connectivity index (χ1n) is 6.02. The van der Waals surface area contributed by atoms with E-state index in [1.165, 1.54) is 0 Å². The normalized spacial score (nSPS) is 10.8. The maximum atomic E-state index is 5.76. The van der Waals surface area contributed by atoms with E-state index < -0.39 is 0 Å². The molecule has 0 aliphatic rings. The molecule has 0 spiro atoms. The number of hydrogen-bond donors (Lipinski definition) is 1. The highest BCUT2D eigenvalue weighted by Crippen LogP contribution is 2.24. The summed E-state index contributed by atoms with van der Waals surface area (Å²) in [5.74, 6) is 1.81. The van der Waals surface area contributed by atoms with Gasteiger partial charge in [0.1, 0.15) is 5.82 Å². The number of anilines is 1. The summed E-state index contributed by atoms with van der Waals surface area (Å²) in [4.78, 5) is 8.61. The molecule has 3 rings (SSSR count). The van der Waals surface area contributed by atoms with Crippen LogP contribution in [0.2, 0.25) is 0 Å². The molecule has 0 unspecified atom stereocenters. The molecule has 0 atom stereocenters. The average Bonchev–Trinajstić information content (AvgIpc) is 3.06. The van der Waals surface area contributed by atoms with Crippen molar-refractivity contribution in [3.63, 3.8) is 0 Å². The lowest BCUT2D eigenvalue weighted by atomic mass is 10.5. The molecule has 3 aromatic rings. The van der Waals surface area contributed by atoms with E-state index in [0.717, 1.165) is 6.54 Å². The molecule has 7 heteroatoms. The molecule has 0 saturated heterocycles. The van der Waals surface area contributed by atoms with Gasteiger partial charge in [0.2, 0.25) is 5.65 Å². The Morgan fingerprint density at radius 3 is 3.00 bits per heavy atom. The molecule has 1 N–H and O–H groups in total. The zero-order valence-electron chi connectivity index (χ0n) is 10.7. The molecule has 0 aromatic carbocycles. The lowest BCUT2D eigenvalue weighted by Gasteiger charge is -2.06. The van der Waals surface area contributed by atoms with Gasteiger partial charge in [-0.25, -0.2) is 4.98 Å². The van der Waals surface area contributed by atoms with Gasteiger partial charge in [0.25, 0.3) is 5.88 Å². The summed E-state index contributed by atoms with van der Waals surface area (Å²) < 4.78 is 9.41. The number of nitrogens with one attached hydrogen (secondary N) is 1. The first-order chi connectivity index (χ1) is 9.30. The predicted molar refractivity (Wildman–Crippen MR) is 70.5 cm³/mol. The monoisotopic (exact) mass is 258 g/mol. The van der Waals surface area contributed by atoms with Crippen LogP contribution in [0.3, 0.4) is 0 Å². The SMILES string of the molecule is CCn1cc(Oc2nc(NC)cn3ccnc23)cn1. The topological polar surface area (TPSA) is 69.3 Å². The molecular weight excluding hydrogens is 244 g/mol. The van der Waals surface area contributed by atoms with E-state index in [0.29, 0.717) is 23.1 Å². The van der Waals surface area contributed by atoms with Crippen LogP contribution >= 0.6 is 0 Å². The Morgan fingerprint density at radius 2 is 2.26 bits per heavy atom. The molecule has 3 aromatic heterocycles. The highest BCUT2D eigenvalue weighted by atomic mass is 16.5. The minimum atomic E-state index is 0.451. The van der Waals surface area contributed by atoms with E-state index in [4.69, 9.17) is 4.74 Å². The number of hydrogen-bond acceptors (Lipinski definition) is 5. The summed E-state index contributed by atoms with van der Waals surface area (Å²) in [5, 5.41) is 7.15. The number of aryl methyl sites for hydroxylation is 1. The van der Waals surface area contributed by atoms with Crippen molar-refractivity contribution >= 4 is 11.5 Å². The summed E-state index contributed by atoms with van der Waals surface area (Å²) >= 11 is 0. The van der Waals surface area contributed by atoms with Crippen molar-refractivity contribution in [2.24, 2.45) is 0 Å². The molecule has 19 heavy (non-hydrogen) atoms. The van der Waals surface area contributed by atoms with E-state index in [1.54, 1.807) is 17.1 Å². The third kappa shape index (κ3) is 2.10. The van der Waals surface area contributed by atoms with Crippen molar-refractivity contribution in [2.75, 3.05) is 12.4 Å². The molecule has 0 radical (unpaired) electrons. The van der Waals surface area contributed by atoms with Gasteiger partial charge in [-0.05, 0) is 6.92 Å². The Kier molecular flexibility index (Phi) is 2.79. The van der Waals surface area contributed by atoms with Gasteiger partial charge in [0.15, 0.2) is 5.75 Å². The second-order valence-electron chi connectivity index (χ2n) is 3.97. The zero-order chi connectivity index (χ0) is 13.2. The quantitative estimate of drug-likeness (QED) is 0.772. The molecule has 3 heterocycles. The third-order valence-corrected chi connectivity index (χ3v) is 2.75. The van der Waals surface area contributed by atoms with E-state index in [9.17, 15) is 0 Å². The van der Waals surface area contributed by atoms with Gasteiger partial charge in [-0.2, -0.15) is 10.1 Å². The van der Waals surface area contributed by atoms with Gasteiger partial charge in [-0.3, -0.25) is 9.08 Å². The van der Waals surface area contributed by atoms with Gasteiger partial charge in [0, 0.05) is 26.0 Å². The third-order valence-electron chi connectivity index (χ3n) is 2.75. The highest BCUT2D eigenvalue weighted by molar-refractivity contribution is 5.54. The maximum absolute atomic E-state index is 5.76. The van der Waals surface area contributed by atoms with Crippen molar-refractivity contribution in [2.45, 2.75) is 13.5 Å². The fourth-order valence-electron chi connectivity index (χ4n) is 1.77. The van der Waals surface area contributed by atoms with Crippen molar-refractivity contribution in [1.82, 2.24) is 24.1 Å². The summed E-state index contributed by atoms with van der Waals surface area (Å²) in [7, 11) is 1.81. The summed E-state index contributed by atoms with van der Waals surface area (Å²) in [6.07, 6.45) is 8.90. The molecular formula is C12H14N6O. The van der Waals surface area contributed by atoms with E-state index in [-0.39, 0.29) is 0 Å². The number of nitrogens with zero attached hydrogens (tertiary/aromatic N) is 5. The number of ether oxygens (including phenoxy) is 1. The van der Waals surface area contributed by atoms with Crippen LogP contribution < -0.4 is 10.1 Å². The lowest BCUT2D eigenvalue weighted by Crippen LogP contribution is -1.99. The molecule has 98 valence electrons. The van der Waals surface area contributed by atoms with Crippen LogP contribution in [0.5, 0.6) is 11.6 Å². The molecule has 7 nitrogen and oxygen atoms in total. The number of imidazole rings is 1. The van der Waals surface area contributed by atoms with E-state index >= 15 is 0 Å². The van der Waals surface area contributed by atoms with E-state index in [2.05, 4.69) is 20.4 Å². The van der Waals surface area contributed by atoms with Crippen LogP contribution in [0.1, 0.15) is 6.92 Å². The van der Waals surface area contributed by atoms with Crippen LogP contribution in [0, 0.1) is 0 Å². The average molecular weight is 258 g/mol. The van der Waals surface area contributed by atoms with Crippen molar-refractivity contribution < 1.29 is 4.74 Å². The second kappa shape index (κ2) is 4.60. The Balaban J connectivity index is 2.01. The fourth-order valence-corrected chi connectivity index (χ4v) is 1.77. The van der Waals surface area contributed by atoms with Crippen molar-refractivity contribution in [3.8, 4) is 11.6 Å². The molecule has 0 aliphatic heterocycles. The van der Waals surface area contributed by atoms with Crippen molar-refractivity contribution in [3.05, 3.63) is 31.0 Å². The predicted octanol–water partition coefficient (Wildman–Crippen LogP) is 1.78. The van der Waals surface area contributed by atoms with Crippen LogP contribution in [-0.4, -0.2) is 31.2 Å². The maximum Gasteiger partial charge on any atom is 0.265 e. The molecule has 0 bridgehead atoms. The van der Waals surface area contributed by atoms with Gasteiger partial charge in [0.05, 0.1) is 18.6 Å². The smallest absolute Gasteiger partial charge is 0.265 e. The lowest BCUT2D eigenvalue weighted by molar-refractivity contribution is 0.464. The number of rotatable bonds is 4. The Morgan fingerprint density at radius 1 is 1.37 bits per heavy atom. The first kappa shape index (κ1) is 11.5. The molecule has 0 fully saturated rings. The number of aromatic nitrogens is 5. The van der Waals surface area contributed by atoms with Gasteiger partial charge in [-0.1, -0.05) is 0 Å². The van der Waals surface area contributed by atoms with Crippen LogP contribution in [0.25, 0.3) is 5.65 Å². The Labute approximate surface area is 109 Å². The minimum absolute atomic E-state index is 0.451. The van der Waals surface area contributed by atoms with Gasteiger partial charge < -0.3 is 10.1 Å². The van der Waals surface area contributed by atoms with Gasteiger partial charge in [-0.15, -0.1) is 0 Å². The van der Waals surface area contributed by atoms with Crippen LogP contribution in [0.15, 0.2) is 31.0 Å². The zero-order valence-corrected chi connectivity index (χ0v) is 10.7. The second-order valence-corrected chi connectivity index (χ2v) is 3.97. The highest BCUT2D eigenvalue weighted by Gasteiger charge is 2.10. The van der Waals surface area contributed by atoms with Crippen LogP contribution in [0.4, 0.5) is 5.82 Å². The molecule has 0 amide bonds. The Hall–Kier alpha value is -2.57. The Bertz CT molecular complexity index is 701. The molecule has 0 saturated carbocycles. The van der Waals surface area contributed by atoms with Crippen molar-refractivity contribution in [1.29, 1.82) is 0 Å². The minimum Gasteiger partial charge on any atom is -0.432 e. The molecule has 0 aliphatic carbocycles. The standard InChI is InChI=1S/C12H14N6O/c1-3-18-7-9(6-15-18)19-12-11-14-4-5-17(11)8-10(13-2)16-12/h4-8,13H,3H2,1-2H3. The largest absolute Gasteiger partial charge is 0.432 e. The van der Waals surface area contributed by atoms with Crippen LogP contribution in [-0.2, 0) is 6.54 Å². The first-order valence-corrected chi connectivity index (χ1v) is 6.02. The van der Waals surface area contributed by atoms with Gasteiger partial charge >= 0.3 is 0 Å². The summed E-state index contributed by atoms with van der Waals surface area (Å²) in [5.41, 5.74) is 0.670. The summed E-state index contributed by atoms with van der Waals surface area (Å²) in [6, 6.07) is 0. The number of fused-ring (bicyclic) bond motifs is 1. The fraction of sp³-hybridized carbons (Fsp3) is 0.250. The van der Waals surface area contributed by atoms with E-state index in [1.807, 2.05) is 37.0 Å².